The average molecular weight is 738 g/mol. The number of rotatable bonds is 14. The number of aromatic nitrogens is 2. The number of benzene rings is 2. The number of methoxy groups -OCH3 is 1. The van der Waals surface area contributed by atoms with Crippen LogP contribution in [0.3, 0.4) is 0 Å². The van der Waals surface area contributed by atoms with Gasteiger partial charge in [-0.15, -0.1) is 0 Å². The van der Waals surface area contributed by atoms with Crippen molar-refractivity contribution >= 4 is 11.7 Å². The molecular weight excluding hydrogens is 700 g/mol. The Morgan fingerprint density at radius 3 is 2.29 bits per heavy atom. The first-order valence-electron chi connectivity index (χ1n) is 16.4. The van der Waals surface area contributed by atoms with Crippen molar-refractivity contribution in [1.82, 2.24) is 19.4 Å². The van der Waals surface area contributed by atoms with E-state index in [1.54, 1.807) is 4.90 Å². The second-order valence-electron chi connectivity index (χ2n) is 12.3. The number of ether oxygens (including phenoxy) is 1. The number of piperazine rings is 1. The molecule has 0 unspecified atom stereocenters. The molecule has 3 heterocycles. The van der Waals surface area contributed by atoms with Gasteiger partial charge >= 0.3 is 17.8 Å². The molecule has 0 amide bonds. The van der Waals surface area contributed by atoms with Crippen LogP contribution >= 0.6 is 0 Å². The second-order valence-corrected chi connectivity index (χ2v) is 12.3. The zero-order valence-electron chi connectivity index (χ0n) is 28.3. The predicted molar refractivity (Wildman–Crippen MR) is 177 cm³/mol. The minimum absolute atomic E-state index is 0.0594. The summed E-state index contributed by atoms with van der Waals surface area (Å²) in [6.45, 7) is 1.64. The lowest BCUT2D eigenvalue weighted by atomic mass is 10.0. The SMILES string of the molecule is COc1ccc(F)cc1[C@H](Cn1c(=O)c(N2CCN(Cc3ccc(C(F)(F)F)o3)CC2)c(C)n(Cc2c(F)cccc2F)c1=O)NCCCC(=O)O. The molecule has 0 bridgehead atoms. The van der Waals surface area contributed by atoms with Gasteiger partial charge in [0.05, 0.1) is 32.8 Å². The Balaban J connectivity index is 1.53. The van der Waals surface area contributed by atoms with Crippen LogP contribution < -0.4 is 26.2 Å². The van der Waals surface area contributed by atoms with Crippen LogP contribution in [0.25, 0.3) is 0 Å². The molecule has 1 saturated heterocycles. The van der Waals surface area contributed by atoms with Crippen molar-refractivity contribution in [2.75, 3.05) is 44.7 Å². The molecule has 1 aliphatic heterocycles. The fourth-order valence-electron chi connectivity index (χ4n) is 6.25. The Morgan fingerprint density at radius 2 is 1.67 bits per heavy atom. The highest BCUT2D eigenvalue weighted by Crippen LogP contribution is 2.31. The van der Waals surface area contributed by atoms with Gasteiger partial charge in [0.1, 0.15) is 34.6 Å². The van der Waals surface area contributed by atoms with Crippen LogP contribution in [0.15, 0.2) is 62.5 Å². The maximum Gasteiger partial charge on any atom is 0.449 e. The van der Waals surface area contributed by atoms with Gasteiger partial charge in [-0.25, -0.2) is 18.0 Å². The predicted octanol–water partition coefficient (Wildman–Crippen LogP) is 4.92. The van der Waals surface area contributed by atoms with Crippen LogP contribution in [-0.2, 0) is 30.6 Å². The minimum atomic E-state index is -4.63. The molecule has 1 fully saturated rings. The molecule has 5 rings (SSSR count). The van der Waals surface area contributed by atoms with E-state index in [0.29, 0.717) is 0 Å². The number of hydrogen-bond donors (Lipinski definition) is 2. The second kappa shape index (κ2) is 16.1. The van der Waals surface area contributed by atoms with Crippen molar-refractivity contribution in [3.63, 3.8) is 0 Å². The molecule has 4 aromatic rings. The number of nitrogens with zero attached hydrogens (tertiary/aromatic N) is 4. The number of aliphatic carboxylic acids is 1. The van der Waals surface area contributed by atoms with Crippen molar-refractivity contribution in [3.8, 4) is 5.75 Å². The normalized spacial score (nSPS) is 14.5. The minimum Gasteiger partial charge on any atom is -0.496 e. The lowest BCUT2D eigenvalue weighted by molar-refractivity contribution is -0.153. The van der Waals surface area contributed by atoms with Crippen LogP contribution in [-0.4, -0.2) is 64.9 Å². The largest absolute Gasteiger partial charge is 0.496 e. The summed E-state index contributed by atoms with van der Waals surface area (Å²) in [4.78, 5) is 43.2. The van der Waals surface area contributed by atoms with E-state index in [4.69, 9.17) is 14.3 Å². The lowest BCUT2D eigenvalue weighted by Gasteiger charge is -2.36. The van der Waals surface area contributed by atoms with Gasteiger partial charge in [-0.05, 0) is 62.4 Å². The van der Waals surface area contributed by atoms with Gasteiger partial charge in [0, 0.05) is 49.4 Å². The fraction of sp³-hybridized carbons (Fsp3) is 0.400. The van der Waals surface area contributed by atoms with E-state index < -0.39 is 71.3 Å². The smallest absolute Gasteiger partial charge is 0.449 e. The Kier molecular flexibility index (Phi) is 11.8. The van der Waals surface area contributed by atoms with Gasteiger partial charge in [0.25, 0.3) is 5.56 Å². The third kappa shape index (κ3) is 8.70. The highest BCUT2D eigenvalue weighted by atomic mass is 19.4. The Bertz CT molecular complexity index is 2000. The van der Waals surface area contributed by atoms with E-state index in [2.05, 4.69) is 5.32 Å². The van der Waals surface area contributed by atoms with Gasteiger partial charge in [-0.1, -0.05) is 6.07 Å². The van der Waals surface area contributed by atoms with E-state index in [1.807, 2.05) is 4.90 Å². The van der Waals surface area contributed by atoms with Gasteiger partial charge < -0.3 is 24.5 Å². The number of nitrogens with one attached hydrogen (secondary N) is 1. The van der Waals surface area contributed by atoms with Crippen molar-refractivity contribution in [1.29, 1.82) is 0 Å². The third-order valence-corrected chi connectivity index (χ3v) is 8.93. The molecule has 280 valence electrons. The summed E-state index contributed by atoms with van der Waals surface area (Å²) < 4.78 is 95.9. The van der Waals surface area contributed by atoms with E-state index in [9.17, 15) is 40.7 Å². The van der Waals surface area contributed by atoms with Gasteiger partial charge in [0.2, 0.25) is 5.76 Å². The molecule has 17 heteroatoms. The summed E-state index contributed by atoms with van der Waals surface area (Å²) in [6, 6.07) is 8.08. The number of halogens is 6. The summed E-state index contributed by atoms with van der Waals surface area (Å²) in [5.41, 5.74) is -1.64. The monoisotopic (exact) mass is 737 g/mol. The van der Waals surface area contributed by atoms with E-state index in [-0.39, 0.29) is 80.6 Å². The van der Waals surface area contributed by atoms with Crippen LogP contribution in [0.2, 0.25) is 0 Å². The molecule has 0 radical (unpaired) electrons. The topological polar surface area (TPSA) is 122 Å². The molecule has 1 atom stereocenters. The van der Waals surface area contributed by atoms with Crippen LogP contribution in [0.1, 0.15) is 47.2 Å². The van der Waals surface area contributed by atoms with E-state index in [0.717, 1.165) is 39.5 Å². The molecule has 52 heavy (non-hydrogen) atoms. The summed E-state index contributed by atoms with van der Waals surface area (Å²) >= 11 is 0. The number of carboxylic acids is 1. The van der Waals surface area contributed by atoms with Gasteiger partial charge in [0.15, 0.2) is 0 Å². The maximum atomic E-state index is 14.9. The standard InChI is InChI=1S/C35H37F6N5O6/c1-21-32(44-15-13-43(14-16-44)18-23-9-11-30(52-23)35(39,40)41)33(49)46(34(50)45(21)19-25-26(37)5-3-6-27(25)38)20-28(42-12-4-7-31(47)48)24-17-22(36)8-10-29(24)51-2/h3,5-6,8-11,17,28,42H,4,7,12-16,18-20H2,1-2H3,(H,47,48)/t28-/m0/s1. The van der Waals surface area contributed by atoms with E-state index >= 15 is 0 Å². The van der Waals surface area contributed by atoms with E-state index in [1.165, 1.54) is 32.2 Å². The number of carboxylic acid groups (broad SMARTS) is 1. The van der Waals surface area contributed by atoms with Crippen LogP contribution in [0.4, 0.5) is 32.0 Å². The molecule has 0 aliphatic carbocycles. The highest BCUT2D eigenvalue weighted by molar-refractivity contribution is 5.66. The summed E-state index contributed by atoms with van der Waals surface area (Å²) in [7, 11) is 1.35. The quantitative estimate of drug-likeness (QED) is 0.137. The lowest BCUT2D eigenvalue weighted by Crippen LogP contribution is -2.51. The summed E-state index contributed by atoms with van der Waals surface area (Å²) in [6.07, 6.45) is -4.66. The average Bonchev–Trinajstić information content (AvgIpc) is 3.57. The van der Waals surface area contributed by atoms with Crippen LogP contribution in [0, 0.1) is 24.4 Å². The maximum absolute atomic E-state index is 14.9. The number of alkyl halides is 3. The Hall–Kier alpha value is -5.03. The number of anilines is 1. The van der Waals surface area contributed by atoms with Crippen molar-refractivity contribution < 1.29 is 45.4 Å². The molecule has 1 aliphatic rings. The summed E-state index contributed by atoms with van der Waals surface area (Å²) in [5.74, 6) is -4.28. The number of furan rings is 1. The molecule has 0 spiro atoms. The first kappa shape index (κ1) is 38.2. The highest BCUT2D eigenvalue weighted by Gasteiger charge is 2.35. The van der Waals surface area contributed by atoms with Crippen molar-refractivity contribution in [2.45, 2.75) is 51.6 Å². The van der Waals surface area contributed by atoms with Gasteiger partial charge in [-0.2, -0.15) is 13.2 Å². The molecule has 2 N–H and O–H groups in total. The Labute approximate surface area is 293 Å². The Morgan fingerprint density at radius 1 is 0.981 bits per heavy atom. The number of hydrogen-bond acceptors (Lipinski definition) is 8. The first-order chi connectivity index (χ1) is 24.7. The molecule has 0 saturated carbocycles. The van der Waals surface area contributed by atoms with Gasteiger partial charge in [-0.3, -0.25) is 23.6 Å². The molecule has 2 aromatic heterocycles. The first-order valence-corrected chi connectivity index (χ1v) is 16.4. The zero-order chi connectivity index (χ0) is 37.7. The molecule has 11 nitrogen and oxygen atoms in total. The number of carbonyl (C=O) groups is 1. The van der Waals surface area contributed by atoms with Crippen LogP contribution in [0.5, 0.6) is 5.75 Å². The fourth-order valence-corrected chi connectivity index (χ4v) is 6.25. The summed E-state index contributed by atoms with van der Waals surface area (Å²) in [5, 5.41) is 12.2. The zero-order valence-corrected chi connectivity index (χ0v) is 28.3. The molecular formula is C35H37F6N5O6. The third-order valence-electron chi connectivity index (χ3n) is 8.93. The van der Waals surface area contributed by atoms with Crippen molar-refractivity contribution in [3.05, 3.63) is 115 Å². The molecule has 2 aromatic carbocycles. The van der Waals surface area contributed by atoms with Crippen molar-refractivity contribution in [2.24, 2.45) is 0 Å².